The van der Waals surface area contributed by atoms with Gasteiger partial charge in [-0.25, -0.2) is 8.42 Å². The highest BCUT2D eigenvalue weighted by atomic mass is 32.2. The van der Waals surface area contributed by atoms with Crippen LogP contribution in [0.25, 0.3) is 0 Å². The first-order valence-electron chi connectivity index (χ1n) is 6.09. The predicted molar refractivity (Wildman–Crippen MR) is 66.6 cm³/mol. The molecule has 0 radical (unpaired) electrons. The highest BCUT2D eigenvalue weighted by Gasteiger charge is 2.29. The van der Waals surface area contributed by atoms with E-state index < -0.39 is 9.84 Å². The molecule has 1 saturated heterocycles. The Labute approximate surface area is 98.9 Å². The zero-order chi connectivity index (χ0) is 12.2. The van der Waals surface area contributed by atoms with Crippen molar-refractivity contribution in [2.24, 2.45) is 17.7 Å². The lowest BCUT2D eigenvalue weighted by Gasteiger charge is -2.19. The Hall–Kier alpha value is -0.130. The van der Waals surface area contributed by atoms with Crippen LogP contribution < -0.4 is 11.3 Å². The Kier molecular flexibility index (Phi) is 5.21. The second-order valence-electron chi connectivity index (χ2n) is 5.34. The van der Waals surface area contributed by atoms with Crippen molar-refractivity contribution in [2.45, 2.75) is 45.6 Å². The minimum absolute atomic E-state index is 0.265. The fourth-order valence-electron chi connectivity index (χ4n) is 2.26. The summed E-state index contributed by atoms with van der Waals surface area (Å²) >= 11 is 0. The molecule has 0 saturated carbocycles. The first kappa shape index (κ1) is 13.9. The maximum absolute atomic E-state index is 11.3. The minimum atomic E-state index is -2.75. The lowest BCUT2D eigenvalue weighted by Crippen LogP contribution is -2.37. The quantitative estimate of drug-likeness (QED) is 0.545. The molecule has 0 amide bonds. The standard InChI is InChI=1S/C11H24N2O2S/c1-9(2)3-4-11(13-12)7-10-5-6-16(14,15)8-10/h9-11,13H,3-8,12H2,1-2H3. The molecule has 1 aliphatic heterocycles. The van der Waals surface area contributed by atoms with E-state index >= 15 is 0 Å². The van der Waals surface area contributed by atoms with Crippen LogP contribution in [0, 0.1) is 11.8 Å². The number of hydrazine groups is 1. The Morgan fingerprint density at radius 2 is 2.06 bits per heavy atom. The minimum Gasteiger partial charge on any atom is -0.271 e. The molecule has 2 unspecified atom stereocenters. The molecule has 1 aliphatic rings. The van der Waals surface area contributed by atoms with Crippen molar-refractivity contribution in [3.8, 4) is 0 Å². The third-order valence-corrected chi connectivity index (χ3v) is 5.11. The molecule has 0 bridgehead atoms. The third kappa shape index (κ3) is 4.80. The Balaban J connectivity index is 2.34. The highest BCUT2D eigenvalue weighted by molar-refractivity contribution is 7.91. The average Bonchev–Trinajstić information content (AvgIpc) is 2.52. The lowest BCUT2D eigenvalue weighted by molar-refractivity contribution is 0.367. The molecule has 2 atom stereocenters. The van der Waals surface area contributed by atoms with Crippen molar-refractivity contribution in [3.63, 3.8) is 0 Å². The van der Waals surface area contributed by atoms with Gasteiger partial charge in [-0.3, -0.25) is 11.3 Å². The monoisotopic (exact) mass is 248 g/mol. The van der Waals surface area contributed by atoms with Crippen LogP contribution in [0.3, 0.4) is 0 Å². The van der Waals surface area contributed by atoms with Crippen LogP contribution in [0.4, 0.5) is 0 Å². The molecule has 3 N–H and O–H groups in total. The van der Waals surface area contributed by atoms with Gasteiger partial charge in [0, 0.05) is 6.04 Å². The SMILES string of the molecule is CC(C)CCC(CC1CCS(=O)(=O)C1)NN. The number of hydrogen-bond donors (Lipinski definition) is 2. The topological polar surface area (TPSA) is 72.2 Å². The van der Waals surface area contributed by atoms with E-state index in [4.69, 9.17) is 5.84 Å². The zero-order valence-corrected chi connectivity index (χ0v) is 11.1. The lowest BCUT2D eigenvalue weighted by atomic mass is 9.94. The molecule has 0 aromatic rings. The number of nitrogens with two attached hydrogens (primary N) is 1. The molecule has 0 aromatic carbocycles. The van der Waals surface area contributed by atoms with E-state index in [-0.39, 0.29) is 6.04 Å². The summed E-state index contributed by atoms with van der Waals surface area (Å²) in [4.78, 5) is 0. The van der Waals surface area contributed by atoms with E-state index in [1.807, 2.05) is 0 Å². The van der Waals surface area contributed by atoms with Crippen molar-refractivity contribution < 1.29 is 8.42 Å². The van der Waals surface area contributed by atoms with Crippen LogP contribution in [0.15, 0.2) is 0 Å². The van der Waals surface area contributed by atoms with Crippen LogP contribution in [-0.4, -0.2) is 26.0 Å². The first-order valence-corrected chi connectivity index (χ1v) is 7.91. The summed E-state index contributed by atoms with van der Waals surface area (Å²) in [5, 5.41) is 0. The fraction of sp³-hybridized carbons (Fsp3) is 1.00. The van der Waals surface area contributed by atoms with E-state index in [2.05, 4.69) is 19.3 Å². The summed E-state index contributed by atoms with van der Waals surface area (Å²) in [6.07, 6.45) is 3.86. The van der Waals surface area contributed by atoms with Gasteiger partial charge in [-0.1, -0.05) is 13.8 Å². The summed E-state index contributed by atoms with van der Waals surface area (Å²) in [7, 11) is -2.75. The summed E-state index contributed by atoms with van der Waals surface area (Å²) in [6.45, 7) is 4.38. The smallest absolute Gasteiger partial charge is 0.150 e. The first-order chi connectivity index (χ1) is 7.43. The van der Waals surface area contributed by atoms with Crippen LogP contribution in [0.1, 0.15) is 39.5 Å². The van der Waals surface area contributed by atoms with Gasteiger partial charge in [0.2, 0.25) is 0 Å². The van der Waals surface area contributed by atoms with Gasteiger partial charge < -0.3 is 0 Å². The van der Waals surface area contributed by atoms with E-state index in [0.29, 0.717) is 23.3 Å². The summed E-state index contributed by atoms with van der Waals surface area (Å²) in [6, 6.07) is 0.265. The van der Waals surface area contributed by atoms with E-state index in [0.717, 1.165) is 25.7 Å². The van der Waals surface area contributed by atoms with E-state index in [9.17, 15) is 8.42 Å². The van der Waals surface area contributed by atoms with Gasteiger partial charge >= 0.3 is 0 Å². The molecule has 0 spiro atoms. The second kappa shape index (κ2) is 5.98. The third-order valence-electron chi connectivity index (χ3n) is 3.27. The van der Waals surface area contributed by atoms with Crippen LogP contribution in [0.2, 0.25) is 0 Å². The maximum Gasteiger partial charge on any atom is 0.150 e. The molecule has 0 aliphatic carbocycles. The molecule has 0 aromatic heterocycles. The summed E-state index contributed by atoms with van der Waals surface area (Å²) in [5.41, 5.74) is 2.82. The Morgan fingerprint density at radius 3 is 2.50 bits per heavy atom. The second-order valence-corrected chi connectivity index (χ2v) is 7.57. The molecule has 1 heterocycles. The maximum atomic E-state index is 11.3. The predicted octanol–water partition coefficient (Wildman–Crippen LogP) is 1.08. The van der Waals surface area contributed by atoms with Crippen molar-refractivity contribution in [1.82, 2.24) is 5.43 Å². The fourth-order valence-corrected chi connectivity index (χ4v) is 4.14. The van der Waals surface area contributed by atoms with E-state index in [1.165, 1.54) is 0 Å². The van der Waals surface area contributed by atoms with Crippen molar-refractivity contribution in [2.75, 3.05) is 11.5 Å². The van der Waals surface area contributed by atoms with Crippen LogP contribution in [-0.2, 0) is 9.84 Å². The Morgan fingerprint density at radius 1 is 1.38 bits per heavy atom. The van der Waals surface area contributed by atoms with Crippen LogP contribution in [0.5, 0.6) is 0 Å². The molecule has 4 nitrogen and oxygen atoms in total. The van der Waals surface area contributed by atoms with Gasteiger partial charge in [-0.2, -0.15) is 0 Å². The van der Waals surface area contributed by atoms with Gasteiger partial charge in [0.25, 0.3) is 0 Å². The van der Waals surface area contributed by atoms with Gasteiger partial charge in [0.15, 0.2) is 9.84 Å². The summed E-state index contributed by atoms with van der Waals surface area (Å²) < 4.78 is 22.7. The average molecular weight is 248 g/mol. The number of nitrogens with one attached hydrogen (secondary N) is 1. The molecular formula is C11H24N2O2S. The molecule has 96 valence electrons. The Bertz CT molecular complexity index is 301. The van der Waals surface area contributed by atoms with Crippen LogP contribution >= 0.6 is 0 Å². The van der Waals surface area contributed by atoms with Crippen molar-refractivity contribution >= 4 is 9.84 Å². The van der Waals surface area contributed by atoms with Gasteiger partial charge in [0.1, 0.15) is 0 Å². The van der Waals surface area contributed by atoms with Gasteiger partial charge in [0.05, 0.1) is 11.5 Å². The normalized spacial score (nSPS) is 26.1. The van der Waals surface area contributed by atoms with Crippen molar-refractivity contribution in [3.05, 3.63) is 0 Å². The van der Waals surface area contributed by atoms with Gasteiger partial charge in [-0.05, 0) is 37.5 Å². The molecule has 5 heteroatoms. The molecule has 16 heavy (non-hydrogen) atoms. The zero-order valence-electron chi connectivity index (χ0n) is 10.3. The number of hydrogen-bond acceptors (Lipinski definition) is 4. The van der Waals surface area contributed by atoms with Gasteiger partial charge in [-0.15, -0.1) is 0 Å². The summed E-state index contributed by atoms with van der Waals surface area (Å²) in [5.74, 6) is 7.19. The van der Waals surface area contributed by atoms with E-state index in [1.54, 1.807) is 0 Å². The highest BCUT2D eigenvalue weighted by Crippen LogP contribution is 2.24. The number of sulfone groups is 1. The molecular weight excluding hydrogens is 224 g/mol. The molecule has 1 fully saturated rings. The molecule has 1 rings (SSSR count). The van der Waals surface area contributed by atoms with Crippen molar-refractivity contribution in [1.29, 1.82) is 0 Å². The number of rotatable bonds is 6. The largest absolute Gasteiger partial charge is 0.271 e.